The molecule has 1 heterocycles. The molecule has 0 amide bonds. The molecule has 0 aromatic carbocycles. The van der Waals surface area contributed by atoms with E-state index in [0.717, 1.165) is 10.5 Å². The average molecular weight is 291 g/mol. The monoisotopic (exact) mass is 291 g/mol. The summed E-state index contributed by atoms with van der Waals surface area (Å²) in [4.78, 5) is 11.0. The van der Waals surface area contributed by atoms with Gasteiger partial charge in [0.25, 0.3) is 10.0 Å². The molecule has 0 aliphatic carbocycles. The summed E-state index contributed by atoms with van der Waals surface area (Å²) in [6.45, 7) is 3.31. The standard InChI is InChI=1S/C10H17N3O5S/c1-7(2)13(4-3-5-14)19(17,18)9-8(10(15)16)6-11-12-9/h6-7,14H,3-5H2,1-2H3,(H,11,12)(H,15,16). The molecule has 0 fully saturated rings. The van der Waals surface area contributed by atoms with Crippen molar-refractivity contribution in [1.82, 2.24) is 14.5 Å². The first-order valence-electron chi connectivity index (χ1n) is 5.71. The minimum atomic E-state index is -3.98. The second-order valence-electron chi connectivity index (χ2n) is 4.20. The van der Waals surface area contributed by atoms with Crippen molar-refractivity contribution in [2.24, 2.45) is 0 Å². The number of hydrogen-bond donors (Lipinski definition) is 3. The number of H-pyrrole nitrogens is 1. The maximum absolute atomic E-state index is 12.4. The van der Waals surface area contributed by atoms with Gasteiger partial charge in [-0.15, -0.1) is 0 Å². The Morgan fingerprint density at radius 1 is 1.53 bits per heavy atom. The number of nitrogens with zero attached hydrogens (tertiary/aromatic N) is 2. The van der Waals surface area contributed by atoms with Crippen molar-refractivity contribution >= 4 is 16.0 Å². The summed E-state index contributed by atoms with van der Waals surface area (Å²) in [6.07, 6.45) is 1.23. The molecule has 108 valence electrons. The van der Waals surface area contributed by atoms with E-state index in [1.165, 1.54) is 0 Å². The number of carboxylic acids is 1. The molecule has 1 rings (SSSR count). The summed E-state index contributed by atoms with van der Waals surface area (Å²) in [5.41, 5.74) is -0.394. The second kappa shape index (κ2) is 6.13. The number of nitrogens with one attached hydrogen (secondary N) is 1. The first kappa shape index (κ1) is 15.6. The fourth-order valence-corrected chi connectivity index (χ4v) is 3.37. The van der Waals surface area contributed by atoms with Crippen molar-refractivity contribution in [3.05, 3.63) is 11.8 Å². The summed E-state index contributed by atoms with van der Waals surface area (Å²) in [5.74, 6) is -1.36. The van der Waals surface area contributed by atoms with Gasteiger partial charge >= 0.3 is 5.97 Å². The fourth-order valence-electron chi connectivity index (χ4n) is 1.62. The van der Waals surface area contributed by atoms with Gasteiger partial charge in [0, 0.05) is 19.2 Å². The van der Waals surface area contributed by atoms with Crippen LogP contribution in [0.15, 0.2) is 11.2 Å². The summed E-state index contributed by atoms with van der Waals surface area (Å²) in [7, 11) is -3.98. The lowest BCUT2D eigenvalue weighted by molar-refractivity contribution is 0.0692. The third-order valence-electron chi connectivity index (χ3n) is 2.51. The molecule has 19 heavy (non-hydrogen) atoms. The normalized spacial score (nSPS) is 12.3. The molecular weight excluding hydrogens is 274 g/mol. The number of carbonyl (C=O) groups is 1. The topological polar surface area (TPSA) is 124 Å². The predicted molar refractivity (Wildman–Crippen MR) is 66.3 cm³/mol. The highest BCUT2D eigenvalue weighted by Crippen LogP contribution is 2.20. The van der Waals surface area contributed by atoms with Crippen molar-refractivity contribution in [3.63, 3.8) is 0 Å². The SMILES string of the molecule is CC(C)N(CCCO)S(=O)(=O)c1[nH]ncc1C(=O)O. The molecule has 0 bridgehead atoms. The highest BCUT2D eigenvalue weighted by molar-refractivity contribution is 7.89. The van der Waals surface area contributed by atoms with Crippen LogP contribution in [0.2, 0.25) is 0 Å². The van der Waals surface area contributed by atoms with E-state index in [1.54, 1.807) is 13.8 Å². The van der Waals surface area contributed by atoms with Crippen molar-refractivity contribution < 1.29 is 23.4 Å². The maximum atomic E-state index is 12.4. The number of rotatable bonds is 7. The van der Waals surface area contributed by atoms with E-state index in [1.807, 2.05) is 0 Å². The Morgan fingerprint density at radius 2 is 2.16 bits per heavy atom. The quantitative estimate of drug-likeness (QED) is 0.644. The number of carboxylic acid groups (broad SMARTS) is 1. The molecule has 0 aliphatic heterocycles. The highest BCUT2D eigenvalue weighted by Gasteiger charge is 2.32. The Morgan fingerprint density at radius 3 is 2.63 bits per heavy atom. The lowest BCUT2D eigenvalue weighted by Gasteiger charge is -2.25. The van der Waals surface area contributed by atoms with E-state index in [9.17, 15) is 13.2 Å². The van der Waals surface area contributed by atoms with Crippen LogP contribution in [-0.2, 0) is 10.0 Å². The molecule has 3 N–H and O–H groups in total. The summed E-state index contributed by atoms with van der Waals surface area (Å²) in [6, 6.07) is -0.360. The number of sulfonamides is 1. The van der Waals surface area contributed by atoms with Crippen molar-refractivity contribution in [2.45, 2.75) is 31.3 Å². The lowest BCUT2D eigenvalue weighted by Crippen LogP contribution is -2.38. The van der Waals surface area contributed by atoms with E-state index >= 15 is 0 Å². The zero-order valence-electron chi connectivity index (χ0n) is 10.7. The van der Waals surface area contributed by atoms with Crippen LogP contribution < -0.4 is 0 Å². The van der Waals surface area contributed by atoms with Crippen LogP contribution in [0.25, 0.3) is 0 Å². The van der Waals surface area contributed by atoms with Crippen molar-refractivity contribution in [1.29, 1.82) is 0 Å². The largest absolute Gasteiger partial charge is 0.478 e. The van der Waals surface area contributed by atoms with Gasteiger partial charge in [-0.05, 0) is 20.3 Å². The number of aliphatic hydroxyl groups is 1. The highest BCUT2D eigenvalue weighted by atomic mass is 32.2. The Balaban J connectivity index is 3.19. The van der Waals surface area contributed by atoms with Crippen LogP contribution in [0.5, 0.6) is 0 Å². The van der Waals surface area contributed by atoms with Gasteiger partial charge in [0.1, 0.15) is 5.56 Å². The molecule has 0 saturated carbocycles. The van der Waals surface area contributed by atoms with Crippen LogP contribution in [0.3, 0.4) is 0 Å². The predicted octanol–water partition coefficient (Wildman–Crippen LogP) is -0.111. The fraction of sp³-hybridized carbons (Fsp3) is 0.600. The molecule has 0 spiro atoms. The minimum absolute atomic E-state index is 0.106. The van der Waals surface area contributed by atoms with Gasteiger partial charge in [0.2, 0.25) is 0 Å². The molecular formula is C10H17N3O5S. The molecule has 0 aliphatic rings. The van der Waals surface area contributed by atoms with Crippen LogP contribution >= 0.6 is 0 Å². The van der Waals surface area contributed by atoms with Gasteiger partial charge in [0.05, 0.1) is 6.20 Å². The van der Waals surface area contributed by atoms with Crippen LogP contribution in [0.1, 0.15) is 30.6 Å². The molecule has 1 aromatic heterocycles. The molecule has 9 heteroatoms. The average Bonchev–Trinajstić information content (AvgIpc) is 2.78. The second-order valence-corrected chi connectivity index (χ2v) is 6.03. The molecule has 0 atom stereocenters. The van der Waals surface area contributed by atoms with Gasteiger partial charge in [-0.2, -0.15) is 9.40 Å². The van der Waals surface area contributed by atoms with Gasteiger partial charge < -0.3 is 10.2 Å². The van der Waals surface area contributed by atoms with Gasteiger partial charge in [0.15, 0.2) is 5.03 Å². The van der Waals surface area contributed by atoms with E-state index in [4.69, 9.17) is 10.2 Å². The van der Waals surface area contributed by atoms with E-state index in [-0.39, 0.29) is 25.6 Å². The lowest BCUT2D eigenvalue weighted by atomic mass is 10.3. The first-order valence-corrected chi connectivity index (χ1v) is 7.15. The van der Waals surface area contributed by atoms with E-state index in [2.05, 4.69) is 10.2 Å². The molecule has 0 saturated heterocycles. The third kappa shape index (κ3) is 3.31. The summed E-state index contributed by atoms with van der Waals surface area (Å²) >= 11 is 0. The Labute approximate surface area is 111 Å². The Bertz CT molecular complexity index is 537. The van der Waals surface area contributed by atoms with E-state index in [0.29, 0.717) is 0 Å². The number of aromatic amines is 1. The van der Waals surface area contributed by atoms with Crippen LogP contribution in [-0.4, -0.2) is 58.3 Å². The number of aliphatic hydroxyl groups excluding tert-OH is 1. The molecule has 1 aromatic rings. The van der Waals surface area contributed by atoms with Gasteiger partial charge in [-0.3, -0.25) is 5.10 Å². The Hall–Kier alpha value is -1.45. The van der Waals surface area contributed by atoms with Gasteiger partial charge in [-0.25, -0.2) is 13.2 Å². The third-order valence-corrected chi connectivity index (χ3v) is 4.56. The smallest absolute Gasteiger partial charge is 0.340 e. The van der Waals surface area contributed by atoms with Crippen LogP contribution in [0.4, 0.5) is 0 Å². The number of hydrogen-bond acceptors (Lipinski definition) is 5. The maximum Gasteiger partial charge on any atom is 0.340 e. The summed E-state index contributed by atoms with van der Waals surface area (Å²) in [5, 5.41) is 23.0. The van der Waals surface area contributed by atoms with Gasteiger partial charge in [-0.1, -0.05) is 0 Å². The first-order chi connectivity index (χ1) is 8.82. The zero-order chi connectivity index (χ0) is 14.6. The zero-order valence-corrected chi connectivity index (χ0v) is 11.5. The summed E-state index contributed by atoms with van der Waals surface area (Å²) < 4.78 is 25.9. The number of aromatic carboxylic acids is 1. The van der Waals surface area contributed by atoms with Crippen molar-refractivity contribution in [3.8, 4) is 0 Å². The van der Waals surface area contributed by atoms with Crippen LogP contribution in [0, 0.1) is 0 Å². The Kier molecular flexibility index (Phi) is 5.04. The molecule has 0 unspecified atom stereocenters. The molecule has 0 radical (unpaired) electrons. The minimum Gasteiger partial charge on any atom is -0.478 e. The number of aromatic nitrogens is 2. The van der Waals surface area contributed by atoms with Crippen molar-refractivity contribution in [2.75, 3.05) is 13.2 Å². The molecule has 8 nitrogen and oxygen atoms in total. The van der Waals surface area contributed by atoms with E-state index < -0.39 is 26.6 Å².